The first kappa shape index (κ1) is 15.9. The van der Waals surface area contributed by atoms with Crippen molar-refractivity contribution in [2.24, 2.45) is 0 Å². The van der Waals surface area contributed by atoms with Gasteiger partial charge in [-0.15, -0.1) is 0 Å². The maximum atomic E-state index is 12.6. The molecule has 4 rings (SSSR count). The minimum absolute atomic E-state index is 0.282. The van der Waals surface area contributed by atoms with Gasteiger partial charge < -0.3 is 14.5 Å². The Morgan fingerprint density at radius 3 is 2.65 bits per heavy atom. The molecule has 0 atom stereocenters. The van der Waals surface area contributed by atoms with E-state index in [1.807, 2.05) is 78.2 Å². The van der Waals surface area contributed by atoms with Crippen molar-refractivity contribution < 1.29 is 9.53 Å². The number of fused-ring (bicyclic) bond motifs is 1. The molecule has 5 heteroatoms. The lowest BCUT2D eigenvalue weighted by Crippen LogP contribution is -2.12. The number of carbonyl (C=O) groups excluding carboxylic acids is 1. The SMILES string of the molecule is Cc1ccn2cc(C(=O)Nc3ccccc3Oc3ccccc3)nc2c1. The van der Waals surface area contributed by atoms with Gasteiger partial charge >= 0.3 is 0 Å². The van der Waals surface area contributed by atoms with E-state index in [2.05, 4.69) is 10.3 Å². The van der Waals surface area contributed by atoms with E-state index in [-0.39, 0.29) is 5.91 Å². The highest BCUT2D eigenvalue weighted by molar-refractivity contribution is 6.04. The summed E-state index contributed by atoms with van der Waals surface area (Å²) in [6, 6.07) is 20.7. The molecule has 2 aromatic heterocycles. The lowest BCUT2D eigenvalue weighted by Gasteiger charge is -2.11. The molecule has 0 aliphatic carbocycles. The zero-order valence-corrected chi connectivity index (χ0v) is 14.2. The Hall–Kier alpha value is -3.60. The molecule has 0 saturated carbocycles. The number of benzene rings is 2. The van der Waals surface area contributed by atoms with E-state index in [4.69, 9.17) is 4.74 Å². The van der Waals surface area contributed by atoms with Crippen LogP contribution in [0.25, 0.3) is 5.65 Å². The second kappa shape index (κ2) is 6.72. The highest BCUT2D eigenvalue weighted by Crippen LogP contribution is 2.29. The van der Waals surface area contributed by atoms with Crippen LogP contribution < -0.4 is 10.1 Å². The molecular formula is C21H17N3O2. The third-order valence-corrected chi connectivity index (χ3v) is 3.95. The molecule has 0 aliphatic heterocycles. The van der Waals surface area contributed by atoms with Crippen LogP contribution in [-0.2, 0) is 0 Å². The van der Waals surface area contributed by atoms with Gasteiger partial charge in [0.1, 0.15) is 17.1 Å². The third-order valence-electron chi connectivity index (χ3n) is 3.95. The molecule has 0 unspecified atom stereocenters. The van der Waals surface area contributed by atoms with Gasteiger partial charge in [-0.05, 0) is 48.9 Å². The number of aromatic nitrogens is 2. The van der Waals surface area contributed by atoms with Gasteiger partial charge in [0.25, 0.3) is 5.91 Å². The summed E-state index contributed by atoms with van der Waals surface area (Å²) in [4.78, 5) is 17.0. The molecule has 5 nitrogen and oxygen atoms in total. The molecule has 4 aromatic rings. The molecule has 1 amide bonds. The molecule has 0 aliphatic rings. The quantitative estimate of drug-likeness (QED) is 0.585. The third kappa shape index (κ3) is 3.28. The van der Waals surface area contributed by atoms with Crippen molar-refractivity contribution in [2.75, 3.05) is 5.32 Å². The molecule has 0 saturated heterocycles. The molecule has 1 N–H and O–H groups in total. The van der Waals surface area contributed by atoms with Crippen LogP contribution in [0.5, 0.6) is 11.5 Å². The fraction of sp³-hybridized carbons (Fsp3) is 0.0476. The fourth-order valence-electron chi connectivity index (χ4n) is 2.65. The predicted octanol–water partition coefficient (Wildman–Crippen LogP) is 4.69. The summed E-state index contributed by atoms with van der Waals surface area (Å²) in [5.41, 5.74) is 2.78. The van der Waals surface area contributed by atoms with Crippen molar-refractivity contribution in [3.63, 3.8) is 0 Å². The smallest absolute Gasteiger partial charge is 0.275 e. The van der Waals surface area contributed by atoms with Crippen molar-refractivity contribution in [1.29, 1.82) is 0 Å². The minimum Gasteiger partial charge on any atom is -0.455 e. The first-order chi connectivity index (χ1) is 12.7. The van der Waals surface area contributed by atoms with E-state index < -0.39 is 0 Å². The van der Waals surface area contributed by atoms with Crippen LogP contribution in [0.4, 0.5) is 5.69 Å². The lowest BCUT2D eigenvalue weighted by molar-refractivity contribution is 0.102. The number of imidazole rings is 1. The zero-order chi connectivity index (χ0) is 17.9. The minimum atomic E-state index is -0.282. The molecule has 0 bridgehead atoms. The average Bonchev–Trinajstić information content (AvgIpc) is 3.07. The summed E-state index contributed by atoms with van der Waals surface area (Å²) in [5, 5.41) is 2.88. The topological polar surface area (TPSA) is 55.6 Å². The number of ether oxygens (including phenoxy) is 1. The van der Waals surface area contributed by atoms with Crippen molar-refractivity contribution in [2.45, 2.75) is 6.92 Å². The molecule has 2 aromatic carbocycles. The van der Waals surface area contributed by atoms with E-state index >= 15 is 0 Å². The van der Waals surface area contributed by atoms with Crippen LogP contribution >= 0.6 is 0 Å². The Labute approximate surface area is 150 Å². The summed E-state index contributed by atoms with van der Waals surface area (Å²) in [6.45, 7) is 1.99. The summed E-state index contributed by atoms with van der Waals surface area (Å²) < 4.78 is 7.71. The summed E-state index contributed by atoms with van der Waals surface area (Å²) >= 11 is 0. The maximum absolute atomic E-state index is 12.6. The van der Waals surface area contributed by atoms with Crippen molar-refractivity contribution in [3.8, 4) is 11.5 Å². The van der Waals surface area contributed by atoms with Gasteiger partial charge in [0, 0.05) is 12.4 Å². The highest BCUT2D eigenvalue weighted by Gasteiger charge is 2.14. The van der Waals surface area contributed by atoms with Gasteiger partial charge in [-0.2, -0.15) is 0 Å². The van der Waals surface area contributed by atoms with Gasteiger partial charge in [0.05, 0.1) is 5.69 Å². The first-order valence-electron chi connectivity index (χ1n) is 8.28. The van der Waals surface area contributed by atoms with Crippen molar-refractivity contribution >= 4 is 17.2 Å². The Morgan fingerprint density at radius 1 is 1.04 bits per heavy atom. The maximum Gasteiger partial charge on any atom is 0.275 e. The Kier molecular flexibility index (Phi) is 4.11. The number of carbonyl (C=O) groups is 1. The van der Waals surface area contributed by atoms with Crippen LogP contribution in [0.2, 0.25) is 0 Å². The summed E-state index contributed by atoms with van der Waals surface area (Å²) in [5.74, 6) is 1.000. The van der Waals surface area contributed by atoms with Crippen LogP contribution in [0.1, 0.15) is 16.1 Å². The predicted molar refractivity (Wildman–Crippen MR) is 101 cm³/mol. The van der Waals surface area contributed by atoms with Crippen LogP contribution in [0, 0.1) is 6.92 Å². The van der Waals surface area contributed by atoms with E-state index in [1.165, 1.54) is 0 Å². The van der Waals surface area contributed by atoms with E-state index in [9.17, 15) is 4.79 Å². The number of hydrogen-bond acceptors (Lipinski definition) is 3. The van der Waals surface area contributed by atoms with Crippen LogP contribution in [0.15, 0.2) is 79.1 Å². The number of hydrogen-bond donors (Lipinski definition) is 1. The number of aryl methyl sites for hydroxylation is 1. The van der Waals surface area contributed by atoms with Gasteiger partial charge in [0.15, 0.2) is 5.75 Å². The molecular weight excluding hydrogens is 326 g/mol. The molecule has 0 spiro atoms. The van der Waals surface area contributed by atoms with E-state index in [0.717, 1.165) is 11.2 Å². The largest absolute Gasteiger partial charge is 0.455 e. The molecule has 128 valence electrons. The van der Waals surface area contributed by atoms with E-state index in [1.54, 1.807) is 12.3 Å². The number of pyridine rings is 1. The number of nitrogens with one attached hydrogen (secondary N) is 1. The van der Waals surface area contributed by atoms with Crippen molar-refractivity contribution in [3.05, 3.63) is 90.4 Å². The zero-order valence-electron chi connectivity index (χ0n) is 14.2. The second-order valence-electron chi connectivity index (χ2n) is 5.96. The number of anilines is 1. The van der Waals surface area contributed by atoms with Crippen LogP contribution in [-0.4, -0.2) is 15.3 Å². The van der Waals surface area contributed by atoms with Gasteiger partial charge in [-0.1, -0.05) is 30.3 Å². The van der Waals surface area contributed by atoms with Gasteiger partial charge in [-0.3, -0.25) is 4.79 Å². The molecule has 0 fully saturated rings. The first-order valence-corrected chi connectivity index (χ1v) is 8.28. The van der Waals surface area contributed by atoms with Gasteiger partial charge in [0.2, 0.25) is 0 Å². The van der Waals surface area contributed by atoms with E-state index in [0.29, 0.717) is 22.9 Å². The van der Waals surface area contributed by atoms with Crippen LogP contribution in [0.3, 0.4) is 0 Å². The number of rotatable bonds is 4. The molecule has 2 heterocycles. The summed E-state index contributed by atoms with van der Waals surface area (Å²) in [6.07, 6.45) is 3.60. The fourth-order valence-corrected chi connectivity index (χ4v) is 2.65. The van der Waals surface area contributed by atoms with Crippen molar-refractivity contribution in [1.82, 2.24) is 9.38 Å². The second-order valence-corrected chi connectivity index (χ2v) is 5.96. The number of amides is 1. The Balaban J connectivity index is 1.59. The summed E-state index contributed by atoms with van der Waals surface area (Å²) in [7, 11) is 0. The highest BCUT2D eigenvalue weighted by atomic mass is 16.5. The molecule has 0 radical (unpaired) electrons. The lowest BCUT2D eigenvalue weighted by atomic mass is 10.2. The monoisotopic (exact) mass is 343 g/mol. The number of nitrogens with zero attached hydrogens (tertiary/aromatic N) is 2. The average molecular weight is 343 g/mol. The number of para-hydroxylation sites is 3. The normalized spacial score (nSPS) is 10.7. The van der Waals surface area contributed by atoms with Gasteiger partial charge in [-0.25, -0.2) is 4.98 Å². The Morgan fingerprint density at radius 2 is 1.81 bits per heavy atom. The molecule has 26 heavy (non-hydrogen) atoms. The Bertz CT molecular complexity index is 1070. The standard InChI is InChI=1S/C21H17N3O2/c1-15-11-12-24-14-18(22-20(24)13-15)21(25)23-17-9-5-6-10-19(17)26-16-7-3-2-4-8-16/h2-14H,1H3,(H,23,25).